The summed E-state index contributed by atoms with van der Waals surface area (Å²) in [6.07, 6.45) is 4.55. The Bertz CT molecular complexity index is 801. The fourth-order valence-electron chi connectivity index (χ4n) is 2.66. The van der Waals surface area contributed by atoms with Gasteiger partial charge in [0, 0.05) is 42.8 Å². The van der Waals surface area contributed by atoms with Crippen LogP contribution in [-0.2, 0) is 6.42 Å². The number of benzene rings is 1. The molecule has 3 aromatic rings. The van der Waals surface area contributed by atoms with Gasteiger partial charge in [-0.2, -0.15) is 0 Å². The van der Waals surface area contributed by atoms with Gasteiger partial charge < -0.3 is 4.90 Å². The van der Waals surface area contributed by atoms with Gasteiger partial charge >= 0.3 is 0 Å². The van der Waals surface area contributed by atoms with E-state index < -0.39 is 0 Å². The molecule has 0 N–H and O–H groups in total. The number of hydrogen-bond acceptors (Lipinski definition) is 4. The predicted octanol–water partition coefficient (Wildman–Crippen LogP) is 3.83. The maximum Gasteiger partial charge on any atom is 0.163 e. The lowest BCUT2D eigenvalue weighted by Gasteiger charge is -2.21. The van der Waals surface area contributed by atoms with Crippen molar-refractivity contribution in [2.45, 2.75) is 20.3 Å². The Balaban J connectivity index is 1.85. The first-order chi connectivity index (χ1) is 11.6. The van der Waals surface area contributed by atoms with E-state index in [4.69, 9.17) is 4.98 Å². The molecule has 4 heteroatoms. The molecule has 1 aromatic carbocycles. The Morgan fingerprint density at radius 3 is 2.46 bits per heavy atom. The van der Waals surface area contributed by atoms with E-state index in [-0.39, 0.29) is 0 Å². The SMILES string of the molecule is Cc1nc(-c2cccnc2)nc(N(C)CCc2ccccc2)c1C. The van der Waals surface area contributed by atoms with Crippen molar-refractivity contribution in [2.24, 2.45) is 0 Å². The van der Waals surface area contributed by atoms with Crippen LogP contribution in [0, 0.1) is 13.8 Å². The van der Waals surface area contributed by atoms with Crippen LogP contribution in [0.2, 0.25) is 0 Å². The summed E-state index contributed by atoms with van der Waals surface area (Å²) < 4.78 is 0. The van der Waals surface area contributed by atoms with Gasteiger partial charge in [0.15, 0.2) is 5.82 Å². The topological polar surface area (TPSA) is 41.9 Å². The average molecular weight is 318 g/mol. The molecule has 3 rings (SSSR count). The first-order valence-electron chi connectivity index (χ1n) is 8.16. The quantitative estimate of drug-likeness (QED) is 0.717. The van der Waals surface area contributed by atoms with Crippen LogP contribution in [-0.4, -0.2) is 28.5 Å². The molecule has 0 radical (unpaired) electrons. The first kappa shape index (κ1) is 16.1. The highest BCUT2D eigenvalue weighted by Gasteiger charge is 2.13. The van der Waals surface area contributed by atoms with Crippen molar-refractivity contribution in [3.05, 3.63) is 71.7 Å². The zero-order valence-corrected chi connectivity index (χ0v) is 14.4. The summed E-state index contributed by atoms with van der Waals surface area (Å²) in [5.74, 6) is 1.71. The van der Waals surface area contributed by atoms with Crippen molar-refractivity contribution < 1.29 is 0 Å². The van der Waals surface area contributed by atoms with Crippen LogP contribution in [0.25, 0.3) is 11.4 Å². The van der Waals surface area contributed by atoms with Crippen LogP contribution in [0.15, 0.2) is 54.9 Å². The molecule has 0 spiro atoms. The van der Waals surface area contributed by atoms with Gasteiger partial charge in [-0.25, -0.2) is 9.97 Å². The van der Waals surface area contributed by atoms with Gasteiger partial charge in [0.1, 0.15) is 5.82 Å². The van der Waals surface area contributed by atoms with Gasteiger partial charge in [0.05, 0.1) is 0 Å². The van der Waals surface area contributed by atoms with Gasteiger partial charge in [0.25, 0.3) is 0 Å². The van der Waals surface area contributed by atoms with Crippen LogP contribution < -0.4 is 4.90 Å². The fourth-order valence-corrected chi connectivity index (χ4v) is 2.66. The number of rotatable bonds is 5. The van der Waals surface area contributed by atoms with E-state index in [2.05, 4.69) is 53.1 Å². The number of anilines is 1. The minimum atomic E-state index is 0.729. The van der Waals surface area contributed by atoms with E-state index in [1.54, 1.807) is 12.4 Å². The van der Waals surface area contributed by atoms with Gasteiger partial charge in [-0.15, -0.1) is 0 Å². The van der Waals surface area contributed by atoms with Crippen molar-refractivity contribution in [1.29, 1.82) is 0 Å². The third-order valence-corrected chi connectivity index (χ3v) is 4.22. The molecule has 0 unspecified atom stereocenters. The monoisotopic (exact) mass is 318 g/mol. The van der Waals surface area contributed by atoms with Crippen molar-refractivity contribution >= 4 is 5.82 Å². The normalized spacial score (nSPS) is 10.6. The molecule has 4 nitrogen and oxygen atoms in total. The molecule has 2 aromatic heterocycles. The smallest absolute Gasteiger partial charge is 0.163 e. The van der Waals surface area contributed by atoms with E-state index in [1.165, 1.54) is 5.56 Å². The molecule has 0 aliphatic rings. The van der Waals surface area contributed by atoms with Crippen LogP contribution in [0.4, 0.5) is 5.82 Å². The molecule has 0 aliphatic carbocycles. The summed E-state index contributed by atoms with van der Waals surface area (Å²) in [5.41, 5.74) is 4.40. The molecule has 24 heavy (non-hydrogen) atoms. The maximum atomic E-state index is 4.79. The average Bonchev–Trinajstić information content (AvgIpc) is 2.63. The Labute approximate surface area is 143 Å². The van der Waals surface area contributed by atoms with Gasteiger partial charge in [-0.3, -0.25) is 4.98 Å². The lowest BCUT2D eigenvalue weighted by atomic mass is 10.1. The second-order valence-electron chi connectivity index (χ2n) is 5.98. The molecule has 0 saturated carbocycles. The number of hydrogen-bond donors (Lipinski definition) is 0. The van der Waals surface area contributed by atoms with Crippen LogP contribution >= 0.6 is 0 Å². The molecule has 0 aliphatic heterocycles. The van der Waals surface area contributed by atoms with Crippen molar-refractivity contribution in [1.82, 2.24) is 15.0 Å². The fraction of sp³-hybridized carbons (Fsp3) is 0.250. The Hall–Kier alpha value is -2.75. The predicted molar refractivity (Wildman–Crippen MR) is 98.2 cm³/mol. The molecule has 0 amide bonds. The van der Waals surface area contributed by atoms with Crippen LogP contribution in [0.3, 0.4) is 0 Å². The maximum absolute atomic E-state index is 4.79. The number of aromatic nitrogens is 3. The summed E-state index contributed by atoms with van der Waals surface area (Å²) in [6.45, 7) is 5.02. The number of nitrogens with zero attached hydrogens (tertiary/aromatic N) is 4. The lowest BCUT2D eigenvalue weighted by molar-refractivity contribution is 0.847. The lowest BCUT2D eigenvalue weighted by Crippen LogP contribution is -2.23. The molecular weight excluding hydrogens is 296 g/mol. The Morgan fingerprint density at radius 2 is 1.75 bits per heavy atom. The summed E-state index contributed by atoms with van der Waals surface area (Å²) in [5, 5.41) is 0. The van der Waals surface area contributed by atoms with Gasteiger partial charge in [-0.1, -0.05) is 30.3 Å². The third kappa shape index (κ3) is 3.59. The molecular formula is C20H22N4. The summed E-state index contributed by atoms with van der Waals surface area (Å²) in [6, 6.07) is 14.4. The van der Waals surface area contributed by atoms with E-state index in [0.29, 0.717) is 0 Å². The molecule has 0 fully saturated rings. The summed E-state index contributed by atoms with van der Waals surface area (Å²) in [4.78, 5) is 15.8. The number of likely N-dealkylation sites (N-methyl/N-ethyl adjacent to an activating group) is 1. The summed E-state index contributed by atoms with van der Waals surface area (Å²) >= 11 is 0. The van der Waals surface area contributed by atoms with Crippen LogP contribution in [0.5, 0.6) is 0 Å². The second-order valence-corrected chi connectivity index (χ2v) is 5.98. The number of aryl methyl sites for hydroxylation is 1. The minimum absolute atomic E-state index is 0.729. The van der Waals surface area contributed by atoms with Crippen LogP contribution in [0.1, 0.15) is 16.8 Å². The largest absolute Gasteiger partial charge is 0.359 e. The highest BCUT2D eigenvalue weighted by Crippen LogP contribution is 2.23. The van der Waals surface area contributed by atoms with E-state index >= 15 is 0 Å². The third-order valence-electron chi connectivity index (χ3n) is 4.22. The van der Waals surface area contributed by atoms with Crippen molar-refractivity contribution in [2.75, 3.05) is 18.5 Å². The standard InChI is InChI=1S/C20H22N4/c1-15-16(2)22-19(18-10-7-12-21-14-18)23-20(15)24(3)13-11-17-8-5-4-6-9-17/h4-10,12,14H,11,13H2,1-3H3. The zero-order valence-electron chi connectivity index (χ0n) is 14.4. The highest BCUT2D eigenvalue weighted by atomic mass is 15.2. The Morgan fingerprint density at radius 1 is 0.958 bits per heavy atom. The number of pyridine rings is 1. The summed E-state index contributed by atoms with van der Waals surface area (Å²) in [7, 11) is 2.09. The van der Waals surface area contributed by atoms with E-state index in [0.717, 1.165) is 41.4 Å². The molecule has 0 bridgehead atoms. The zero-order chi connectivity index (χ0) is 16.9. The van der Waals surface area contributed by atoms with E-state index in [1.807, 2.05) is 25.1 Å². The molecule has 2 heterocycles. The molecule has 0 atom stereocenters. The van der Waals surface area contributed by atoms with Gasteiger partial charge in [0.2, 0.25) is 0 Å². The van der Waals surface area contributed by atoms with Crippen molar-refractivity contribution in [3.8, 4) is 11.4 Å². The van der Waals surface area contributed by atoms with Crippen molar-refractivity contribution in [3.63, 3.8) is 0 Å². The van der Waals surface area contributed by atoms with Gasteiger partial charge in [-0.05, 0) is 38.0 Å². The highest BCUT2D eigenvalue weighted by molar-refractivity contribution is 5.59. The molecule has 0 saturated heterocycles. The van der Waals surface area contributed by atoms with E-state index in [9.17, 15) is 0 Å². The first-order valence-corrected chi connectivity index (χ1v) is 8.16. The second kappa shape index (κ2) is 7.21. The Kier molecular flexibility index (Phi) is 4.85. The molecule has 122 valence electrons. The minimum Gasteiger partial charge on any atom is -0.359 e.